The number of aryl methyl sites for hydroxylation is 3. The first-order valence-electron chi connectivity index (χ1n) is 10.4. The topological polar surface area (TPSA) is 77.5 Å². The smallest absolute Gasteiger partial charge is 0.418 e. The normalized spacial score (nSPS) is 14.2. The van der Waals surface area contributed by atoms with Gasteiger partial charge in [0.1, 0.15) is 0 Å². The van der Waals surface area contributed by atoms with Crippen LogP contribution >= 0.6 is 0 Å². The molecule has 0 aliphatic heterocycles. The average Bonchev–Trinajstić information content (AvgIpc) is 3.36. The van der Waals surface area contributed by atoms with Crippen LogP contribution in [0.5, 0.6) is 5.88 Å². The minimum atomic E-state index is -0.532. The van der Waals surface area contributed by atoms with Gasteiger partial charge in [-0.3, -0.25) is 10.1 Å². The van der Waals surface area contributed by atoms with E-state index in [1.54, 1.807) is 19.2 Å². The SMILES string of the molecule is CCOC(=O)CCc1cccnc1OC(=O)Nc1c2c(cc3c1CCC3)CCC2. The quantitative estimate of drug-likeness (QED) is 0.744. The maximum Gasteiger partial charge on any atom is 0.418 e. The highest BCUT2D eigenvalue weighted by Gasteiger charge is 2.25. The van der Waals surface area contributed by atoms with Crippen molar-refractivity contribution < 1.29 is 19.1 Å². The van der Waals surface area contributed by atoms with Crippen LogP contribution in [-0.4, -0.2) is 23.7 Å². The number of hydrogen-bond donors (Lipinski definition) is 1. The number of rotatable bonds is 6. The highest BCUT2D eigenvalue weighted by molar-refractivity contribution is 5.89. The predicted molar refractivity (Wildman–Crippen MR) is 109 cm³/mol. The summed E-state index contributed by atoms with van der Waals surface area (Å²) in [6.07, 6.45) is 8.06. The molecule has 0 radical (unpaired) electrons. The molecule has 1 aromatic carbocycles. The number of hydrogen-bond acceptors (Lipinski definition) is 5. The highest BCUT2D eigenvalue weighted by Crippen LogP contribution is 2.38. The van der Waals surface area contributed by atoms with Gasteiger partial charge >= 0.3 is 12.1 Å². The third kappa shape index (κ3) is 4.26. The van der Waals surface area contributed by atoms with Crippen LogP contribution in [0, 0.1) is 0 Å². The molecule has 0 fully saturated rings. The fraction of sp³-hybridized carbons (Fsp3) is 0.435. The Kier molecular flexibility index (Phi) is 5.79. The fourth-order valence-electron chi connectivity index (χ4n) is 4.36. The van der Waals surface area contributed by atoms with Gasteiger partial charge in [-0.05, 0) is 80.2 Å². The van der Waals surface area contributed by atoms with Gasteiger partial charge in [-0.2, -0.15) is 0 Å². The molecule has 0 atom stereocenters. The highest BCUT2D eigenvalue weighted by atomic mass is 16.6. The Bertz CT molecular complexity index is 906. The zero-order valence-electron chi connectivity index (χ0n) is 16.8. The fourth-order valence-corrected chi connectivity index (χ4v) is 4.36. The van der Waals surface area contributed by atoms with E-state index in [1.165, 1.54) is 22.3 Å². The maximum atomic E-state index is 12.7. The monoisotopic (exact) mass is 394 g/mol. The minimum absolute atomic E-state index is 0.219. The van der Waals surface area contributed by atoms with Crippen LogP contribution in [0.2, 0.25) is 0 Å². The molecule has 152 valence electrons. The first-order chi connectivity index (χ1) is 14.2. The number of ether oxygens (including phenoxy) is 2. The first kappa shape index (κ1) is 19.4. The summed E-state index contributed by atoms with van der Waals surface area (Å²) >= 11 is 0. The van der Waals surface area contributed by atoms with Crippen LogP contribution in [-0.2, 0) is 41.6 Å². The Morgan fingerprint density at radius 2 is 1.83 bits per heavy atom. The van der Waals surface area contributed by atoms with E-state index in [-0.39, 0.29) is 18.3 Å². The molecule has 0 saturated carbocycles. The van der Waals surface area contributed by atoms with Crippen LogP contribution in [0.15, 0.2) is 24.4 Å². The van der Waals surface area contributed by atoms with Crippen molar-refractivity contribution in [3.05, 3.63) is 52.2 Å². The van der Waals surface area contributed by atoms with E-state index in [9.17, 15) is 9.59 Å². The van der Waals surface area contributed by atoms with E-state index in [0.29, 0.717) is 18.6 Å². The molecule has 2 aromatic rings. The molecule has 1 N–H and O–H groups in total. The molecule has 6 heteroatoms. The Hall–Kier alpha value is -2.89. The predicted octanol–water partition coefficient (Wildman–Crippen LogP) is 4.17. The summed E-state index contributed by atoms with van der Waals surface area (Å²) in [5, 5.41) is 3.01. The van der Waals surface area contributed by atoms with Crippen molar-refractivity contribution in [3.8, 4) is 5.88 Å². The number of anilines is 1. The van der Waals surface area contributed by atoms with Crippen LogP contribution in [0.3, 0.4) is 0 Å². The van der Waals surface area contributed by atoms with Crippen LogP contribution < -0.4 is 10.1 Å². The summed E-state index contributed by atoms with van der Waals surface area (Å²) < 4.78 is 10.5. The summed E-state index contributed by atoms with van der Waals surface area (Å²) in [5.74, 6) is -0.0410. The second-order valence-electron chi connectivity index (χ2n) is 7.52. The van der Waals surface area contributed by atoms with Crippen molar-refractivity contribution in [2.24, 2.45) is 0 Å². The van der Waals surface area contributed by atoms with Gasteiger partial charge in [-0.15, -0.1) is 0 Å². The van der Waals surface area contributed by atoms with Gasteiger partial charge < -0.3 is 9.47 Å². The van der Waals surface area contributed by atoms with Crippen molar-refractivity contribution in [2.75, 3.05) is 11.9 Å². The number of nitrogens with one attached hydrogen (secondary N) is 1. The number of benzene rings is 1. The van der Waals surface area contributed by atoms with Crippen molar-refractivity contribution in [3.63, 3.8) is 0 Å². The van der Waals surface area contributed by atoms with Gasteiger partial charge in [-0.1, -0.05) is 12.1 Å². The van der Waals surface area contributed by atoms with Gasteiger partial charge in [0, 0.05) is 18.2 Å². The maximum absolute atomic E-state index is 12.7. The van der Waals surface area contributed by atoms with Crippen LogP contribution in [0.25, 0.3) is 0 Å². The number of amides is 1. The molecule has 2 aliphatic carbocycles. The van der Waals surface area contributed by atoms with E-state index in [4.69, 9.17) is 9.47 Å². The summed E-state index contributed by atoms with van der Waals surface area (Å²) in [7, 11) is 0. The molecule has 1 aromatic heterocycles. The summed E-state index contributed by atoms with van der Waals surface area (Å²) in [6.45, 7) is 2.13. The number of nitrogens with zero attached hydrogens (tertiary/aromatic N) is 1. The molecule has 6 nitrogen and oxygen atoms in total. The second-order valence-corrected chi connectivity index (χ2v) is 7.52. The van der Waals surface area contributed by atoms with E-state index < -0.39 is 6.09 Å². The van der Waals surface area contributed by atoms with E-state index in [0.717, 1.165) is 44.2 Å². The lowest BCUT2D eigenvalue weighted by molar-refractivity contribution is -0.143. The van der Waals surface area contributed by atoms with E-state index in [1.807, 2.05) is 6.07 Å². The lowest BCUT2D eigenvalue weighted by atomic mass is 9.99. The summed E-state index contributed by atoms with van der Waals surface area (Å²) in [6, 6.07) is 5.91. The number of esters is 1. The second kappa shape index (κ2) is 8.64. The van der Waals surface area contributed by atoms with E-state index in [2.05, 4.69) is 16.4 Å². The number of carbonyl (C=O) groups is 2. The summed E-state index contributed by atoms with van der Waals surface area (Å²) in [5.41, 5.74) is 6.88. The number of pyridine rings is 1. The third-order valence-electron chi connectivity index (χ3n) is 5.64. The lowest BCUT2D eigenvalue weighted by Gasteiger charge is -2.16. The van der Waals surface area contributed by atoms with Gasteiger partial charge in [0.25, 0.3) is 0 Å². The molecule has 1 amide bonds. The molecule has 4 rings (SSSR count). The first-order valence-corrected chi connectivity index (χ1v) is 10.4. The Labute approximate surface area is 170 Å². The largest absolute Gasteiger partial charge is 0.466 e. The molecule has 1 heterocycles. The molecule has 0 spiro atoms. The Morgan fingerprint density at radius 3 is 2.52 bits per heavy atom. The molecule has 0 bridgehead atoms. The van der Waals surface area contributed by atoms with Crippen LogP contribution in [0.1, 0.15) is 54.0 Å². The Balaban J connectivity index is 1.49. The van der Waals surface area contributed by atoms with Crippen molar-refractivity contribution in [1.29, 1.82) is 0 Å². The minimum Gasteiger partial charge on any atom is -0.466 e. The molecule has 0 saturated heterocycles. The molecular formula is C23H26N2O4. The molecule has 29 heavy (non-hydrogen) atoms. The van der Waals surface area contributed by atoms with Gasteiger partial charge in [0.2, 0.25) is 5.88 Å². The third-order valence-corrected chi connectivity index (χ3v) is 5.64. The standard InChI is InChI=1S/C23H26N2O4/c1-2-28-20(26)12-11-15-8-5-13-24-22(15)29-23(27)25-21-18-9-3-6-16(18)14-17-7-4-10-19(17)21/h5,8,13-14H,2-4,6-7,9-12H2,1H3,(H,25,27). The number of aromatic nitrogens is 1. The number of fused-ring (bicyclic) bond motifs is 2. The number of carbonyl (C=O) groups excluding carboxylic acids is 2. The molecular weight excluding hydrogens is 368 g/mol. The lowest BCUT2D eigenvalue weighted by Crippen LogP contribution is -2.20. The summed E-state index contributed by atoms with van der Waals surface area (Å²) in [4.78, 5) is 28.5. The zero-order chi connectivity index (χ0) is 20.2. The molecule has 0 unspecified atom stereocenters. The molecule has 2 aliphatic rings. The van der Waals surface area contributed by atoms with Crippen molar-refractivity contribution in [2.45, 2.75) is 58.3 Å². The van der Waals surface area contributed by atoms with Crippen molar-refractivity contribution >= 4 is 17.7 Å². The Morgan fingerprint density at radius 1 is 1.10 bits per heavy atom. The van der Waals surface area contributed by atoms with E-state index >= 15 is 0 Å². The van der Waals surface area contributed by atoms with Crippen LogP contribution in [0.4, 0.5) is 10.5 Å². The van der Waals surface area contributed by atoms with Gasteiger partial charge in [-0.25, -0.2) is 9.78 Å². The zero-order valence-corrected chi connectivity index (χ0v) is 16.8. The van der Waals surface area contributed by atoms with Gasteiger partial charge in [0.05, 0.1) is 12.3 Å². The van der Waals surface area contributed by atoms with Gasteiger partial charge in [0.15, 0.2) is 0 Å². The van der Waals surface area contributed by atoms with Crippen molar-refractivity contribution in [1.82, 2.24) is 4.98 Å². The average molecular weight is 394 g/mol.